The van der Waals surface area contributed by atoms with Gasteiger partial charge in [0.25, 0.3) is 5.91 Å². The second kappa shape index (κ2) is 10.7. The number of carbonyl (C=O) groups is 2. The number of amides is 2. The summed E-state index contributed by atoms with van der Waals surface area (Å²) in [5.74, 6) is -0.545. The third-order valence-electron chi connectivity index (χ3n) is 4.74. The van der Waals surface area contributed by atoms with Gasteiger partial charge in [0.05, 0.1) is 25.8 Å². The molecule has 8 heteroatoms. The smallest absolute Gasteiger partial charge is 0.251 e. The molecule has 29 heavy (non-hydrogen) atoms. The zero-order valence-corrected chi connectivity index (χ0v) is 18.2. The third-order valence-corrected chi connectivity index (χ3v) is 5.58. The predicted molar refractivity (Wildman–Crippen MR) is 116 cm³/mol. The lowest BCUT2D eigenvalue weighted by molar-refractivity contribution is -0.120. The maximum atomic E-state index is 12.3. The van der Waals surface area contributed by atoms with Crippen LogP contribution in [0.2, 0.25) is 5.02 Å². The van der Waals surface area contributed by atoms with Crippen molar-refractivity contribution in [1.29, 1.82) is 0 Å². The van der Waals surface area contributed by atoms with E-state index >= 15 is 0 Å². The Morgan fingerprint density at radius 3 is 2.59 bits per heavy atom. The fourth-order valence-corrected chi connectivity index (χ4v) is 3.90. The van der Waals surface area contributed by atoms with Crippen molar-refractivity contribution in [3.8, 4) is 0 Å². The van der Waals surface area contributed by atoms with E-state index in [2.05, 4.69) is 31.5 Å². The van der Waals surface area contributed by atoms with Crippen LogP contribution in [0.15, 0.2) is 53.0 Å². The summed E-state index contributed by atoms with van der Waals surface area (Å²) in [6.07, 6.45) is 0. The number of nitrogens with one attached hydrogen (secondary N) is 2. The molecule has 0 saturated carbocycles. The SMILES string of the molecule is O=C(CNC(=O)c1cccc(Br)c1)NCC(c1ccccc1Cl)N1CCOCC1. The molecule has 1 fully saturated rings. The molecule has 2 N–H and O–H groups in total. The Kier molecular flexibility index (Phi) is 8.06. The quantitative estimate of drug-likeness (QED) is 0.639. The Balaban J connectivity index is 1.58. The van der Waals surface area contributed by atoms with E-state index in [-0.39, 0.29) is 24.4 Å². The first-order valence-corrected chi connectivity index (χ1v) is 10.6. The highest BCUT2D eigenvalue weighted by Gasteiger charge is 2.24. The van der Waals surface area contributed by atoms with Crippen LogP contribution in [0.4, 0.5) is 0 Å². The summed E-state index contributed by atoms with van der Waals surface area (Å²) in [4.78, 5) is 26.8. The molecule has 0 aromatic heterocycles. The van der Waals surface area contributed by atoms with E-state index in [1.54, 1.807) is 18.2 Å². The summed E-state index contributed by atoms with van der Waals surface area (Å²) in [5.41, 5.74) is 1.46. The molecule has 0 radical (unpaired) electrons. The summed E-state index contributed by atoms with van der Waals surface area (Å²) >= 11 is 9.74. The van der Waals surface area contributed by atoms with Crippen molar-refractivity contribution < 1.29 is 14.3 Å². The standard InChI is InChI=1S/C21H23BrClN3O3/c22-16-5-3-4-15(12-16)21(28)25-14-20(27)24-13-19(26-8-10-29-11-9-26)17-6-1-2-7-18(17)23/h1-7,12,19H,8-11,13-14H2,(H,24,27)(H,25,28). The maximum Gasteiger partial charge on any atom is 0.251 e. The van der Waals surface area contributed by atoms with Crippen LogP contribution in [0.5, 0.6) is 0 Å². The molecule has 1 aliphatic heterocycles. The average Bonchev–Trinajstić information content (AvgIpc) is 2.74. The van der Waals surface area contributed by atoms with Crippen LogP contribution in [0.1, 0.15) is 22.0 Å². The van der Waals surface area contributed by atoms with E-state index in [0.29, 0.717) is 30.3 Å². The number of nitrogens with zero attached hydrogens (tertiary/aromatic N) is 1. The van der Waals surface area contributed by atoms with Crippen molar-refractivity contribution in [3.63, 3.8) is 0 Å². The van der Waals surface area contributed by atoms with Gasteiger partial charge in [0.15, 0.2) is 0 Å². The molecular weight excluding hydrogens is 458 g/mol. The Morgan fingerprint density at radius 1 is 1.10 bits per heavy atom. The Morgan fingerprint density at radius 2 is 1.86 bits per heavy atom. The van der Waals surface area contributed by atoms with Gasteiger partial charge in [0, 0.05) is 34.7 Å². The number of hydrogen-bond donors (Lipinski definition) is 2. The van der Waals surface area contributed by atoms with Crippen molar-refractivity contribution in [2.45, 2.75) is 6.04 Å². The summed E-state index contributed by atoms with van der Waals surface area (Å²) < 4.78 is 6.25. The van der Waals surface area contributed by atoms with Crippen molar-refractivity contribution in [2.75, 3.05) is 39.4 Å². The minimum absolute atomic E-state index is 0.0580. The molecule has 3 rings (SSSR count). The molecular formula is C21H23BrClN3O3. The molecule has 1 aliphatic rings. The predicted octanol–water partition coefficient (Wildman–Crippen LogP) is 3.02. The molecule has 1 atom stereocenters. The molecule has 1 saturated heterocycles. The average molecular weight is 481 g/mol. The summed E-state index contributed by atoms with van der Waals surface area (Å²) in [5, 5.41) is 6.24. The summed E-state index contributed by atoms with van der Waals surface area (Å²) in [7, 11) is 0. The molecule has 154 valence electrons. The number of morpholine rings is 1. The van der Waals surface area contributed by atoms with E-state index in [1.165, 1.54) is 0 Å². The molecule has 1 unspecified atom stereocenters. The lowest BCUT2D eigenvalue weighted by Gasteiger charge is -2.35. The highest BCUT2D eigenvalue weighted by atomic mass is 79.9. The molecule has 1 heterocycles. The van der Waals surface area contributed by atoms with Gasteiger partial charge in [-0.15, -0.1) is 0 Å². The van der Waals surface area contributed by atoms with Gasteiger partial charge in [-0.05, 0) is 29.8 Å². The van der Waals surface area contributed by atoms with E-state index < -0.39 is 0 Å². The fraction of sp³-hybridized carbons (Fsp3) is 0.333. The third kappa shape index (κ3) is 6.27. The van der Waals surface area contributed by atoms with Crippen LogP contribution in [0.3, 0.4) is 0 Å². The van der Waals surface area contributed by atoms with Crippen LogP contribution >= 0.6 is 27.5 Å². The van der Waals surface area contributed by atoms with Crippen molar-refractivity contribution in [2.24, 2.45) is 0 Å². The lowest BCUT2D eigenvalue weighted by Crippen LogP contribution is -2.45. The second-order valence-electron chi connectivity index (χ2n) is 6.68. The molecule has 2 aromatic carbocycles. The number of benzene rings is 2. The number of ether oxygens (including phenoxy) is 1. The van der Waals surface area contributed by atoms with Gasteiger partial charge in [0.1, 0.15) is 0 Å². The number of carbonyl (C=O) groups excluding carboxylic acids is 2. The number of halogens is 2. The minimum Gasteiger partial charge on any atom is -0.379 e. The highest BCUT2D eigenvalue weighted by molar-refractivity contribution is 9.10. The van der Waals surface area contributed by atoms with Gasteiger partial charge >= 0.3 is 0 Å². The molecule has 0 spiro atoms. The monoisotopic (exact) mass is 479 g/mol. The first kappa shape index (κ1) is 21.8. The molecule has 0 aliphatic carbocycles. The van der Waals surface area contributed by atoms with Gasteiger partial charge in [-0.1, -0.05) is 51.8 Å². The molecule has 6 nitrogen and oxygen atoms in total. The van der Waals surface area contributed by atoms with E-state index in [1.807, 2.05) is 30.3 Å². The molecule has 2 amide bonds. The number of rotatable bonds is 7. The Labute approximate surface area is 183 Å². The van der Waals surface area contributed by atoms with Crippen LogP contribution in [0.25, 0.3) is 0 Å². The van der Waals surface area contributed by atoms with Crippen LogP contribution in [-0.2, 0) is 9.53 Å². The van der Waals surface area contributed by atoms with Gasteiger partial charge in [0.2, 0.25) is 5.91 Å². The van der Waals surface area contributed by atoms with Crippen LogP contribution < -0.4 is 10.6 Å². The Hall–Kier alpha value is -1.93. The normalized spacial score (nSPS) is 15.5. The largest absolute Gasteiger partial charge is 0.379 e. The first-order chi connectivity index (χ1) is 14.0. The number of hydrogen-bond acceptors (Lipinski definition) is 4. The zero-order chi connectivity index (χ0) is 20.6. The van der Waals surface area contributed by atoms with Crippen molar-refractivity contribution in [3.05, 3.63) is 69.2 Å². The fourth-order valence-electron chi connectivity index (χ4n) is 3.24. The van der Waals surface area contributed by atoms with Crippen molar-refractivity contribution >= 4 is 39.3 Å². The molecule has 2 aromatic rings. The van der Waals surface area contributed by atoms with Crippen LogP contribution in [0, 0.1) is 0 Å². The second-order valence-corrected chi connectivity index (χ2v) is 8.01. The minimum atomic E-state index is -0.294. The maximum absolute atomic E-state index is 12.3. The summed E-state index contributed by atoms with van der Waals surface area (Å²) in [6.45, 7) is 3.14. The van der Waals surface area contributed by atoms with E-state index in [9.17, 15) is 9.59 Å². The highest BCUT2D eigenvalue weighted by Crippen LogP contribution is 2.27. The Bertz CT molecular complexity index is 859. The van der Waals surface area contributed by atoms with Crippen molar-refractivity contribution in [1.82, 2.24) is 15.5 Å². The molecule has 0 bridgehead atoms. The van der Waals surface area contributed by atoms with E-state index in [0.717, 1.165) is 23.1 Å². The van der Waals surface area contributed by atoms with Gasteiger partial charge in [-0.25, -0.2) is 0 Å². The lowest BCUT2D eigenvalue weighted by atomic mass is 10.0. The topological polar surface area (TPSA) is 70.7 Å². The zero-order valence-electron chi connectivity index (χ0n) is 15.9. The van der Waals surface area contributed by atoms with E-state index in [4.69, 9.17) is 16.3 Å². The van der Waals surface area contributed by atoms with Crippen LogP contribution in [-0.4, -0.2) is 56.1 Å². The van der Waals surface area contributed by atoms with Gasteiger partial charge in [-0.3, -0.25) is 14.5 Å². The first-order valence-electron chi connectivity index (χ1n) is 9.41. The van der Waals surface area contributed by atoms with Gasteiger partial charge < -0.3 is 15.4 Å². The van der Waals surface area contributed by atoms with Gasteiger partial charge in [-0.2, -0.15) is 0 Å². The summed E-state index contributed by atoms with van der Waals surface area (Å²) in [6, 6.07) is 14.6.